The molecule has 2 nitrogen and oxygen atoms in total. The number of ether oxygens (including phenoxy) is 1. The molecule has 0 spiro atoms. The molecule has 2 aliphatic rings. The molecule has 2 aromatic carbocycles. The summed E-state index contributed by atoms with van der Waals surface area (Å²) in [5.74, 6) is 3.50. The van der Waals surface area contributed by atoms with Crippen LogP contribution in [-0.4, -0.2) is 24.6 Å². The minimum atomic E-state index is 0.775. The summed E-state index contributed by atoms with van der Waals surface area (Å²) in [7, 11) is 0. The zero-order valence-corrected chi connectivity index (χ0v) is 12.2. The normalized spacial score (nSPS) is 27.3. The number of nitrogens with zero attached hydrogens (tertiary/aromatic N) is 1. The lowest BCUT2D eigenvalue weighted by atomic mass is 10.2. The molecule has 21 heavy (non-hydrogen) atoms. The van der Waals surface area contributed by atoms with Crippen molar-refractivity contribution in [2.45, 2.75) is 6.54 Å². The molecule has 2 aromatic rings. The Morgan fingerprint density at radius 2 is 1.48 bits per heavy atom. The lowest BCUT2D eigenvalue weighted by Gasteiger charge is -2.19. The molecule has 0 aromatic heterocycles. The van der Waals surface area contributed by atoms with Crippen molar-refractivity contribution < 1.29 is 4.74 Å². The Kier molecular flexibility index (Phi) is 3.40. The molecule has 2 atom stereocenters. The van der Waals surface area contributed by atoms with Crippen LogP contribution in [0, 0.1) is 17.8 Å². The van der Waals surface area contributed by atoms with Crippen LogP contribution >= 0.6 is 0 Å². The fourth-order valence-electron chi connectivity index (χ4n) is 3.66. The van der Waals surface area contributed by atoms with Gasteiger partial charge < -0.3 is 4.74 Å². The Balaban J connectivity index is 1.24. The number of hydrogen-bond acceptors (Lipinski definition) is 2. The van der Waals surface area contributed by atoms with E-state index in [2.05, 4.69) is 35.2 Å². The van der Waals surface area contributed by atoms with E-state index in [4.69, 9.17) is 4.74 Å². The second kappa shape index (κ2) is 5.53. The number of fused-ring (bicyclic) bond motifs is 1. The van der Waals surface area contributed by atoms with Crippen molar-refractivity contribution in [3.05, 3.63) is 66.2 Å². The Morgan fingerprint density at radius 3 is 2.14 bits per heavy atom. The predicted octanol–water partition coefficient (Wildman–Crippen LogP) is 3.44. The summed E-state index contributed by atoms with van der Waals surface area (Å²) in [5.41, 5.74) is 1.43. The maximum atomic E-state index is 5.90. The number of hydrogen-bond donors (Lipinski definition) is 0. The zero-order chi connectivity index (χ0) is 14.1. The number of para-hydroxylation sites is 1. The third kappa shape index (κ3) is 2.81. The summed E-state index contributed by atoms with van der Waals surface area (Å²) in [6.45, 7) is 4.46. The van der Waals surface area contributed by atoms with Gasteiger partial charge in [0.25, 0.3) is 0 Å². The van der Waals surface area contributed by atoms with Gasteiger partial charge in [0, 0.05) is 25.6 Å². The number of piperidine rings is 1. The van der Waals surface area contributed by atoms with Gasteiger partial charge in [0.2, 0.25) is 0 Å². The molecule has 1 aliphatic carbocycles. The first-order valence-corrected chi connectivity index (χ1v) is 7.84. The van der Waals surface area contributed by atoms with Crippen LogP contribution in [-0.2, 0) is 6.54 Å². The minimum Gasteiger partial charge on any atom is -0.493 e. The van der Waals surface area contributed by atoms with Crippen LogP contribution in [0.5, 0.6) is 5.75 Å². The molecule has 0 N–H and O–H groups in total. The monoisotopic (exact) mass is 279 g/mol. The molecule has 1 heterocycles. The molecular weight excluding hydrogens is 258 g/mol. The quantitative estimate of drug-likeness (QED) is 0.831. The van der Waals surface area contributed by atoms with Crippen molar-refractivity contribution in [2.75, 3.05) is 19.7 Å². The third-order valence-electron chi connectivity index (χ3n) is 4.88. The number of rotatable bonds is 5. The molecule has 1 saturated carbocycles. The van der Waals surface area contributed by atoms with Crippen molar-refractivity contribution in [2.24, 2.45) is 17.8 Å². The van der Waals surface area contributed by atoms with E-state index < -0.39 is 0 Å². The van der Waals surface area contributed by atoms with Gasteiger partial charge in [-0.3, -0.25) is 4.90 Å². The average molecular weight is 279 g/mol. The molecule has 0 radical (unpaired) electrons. The molecule has 0 bridgehead atoms. The summed E-state index contributed by atoms with van der Waals surface area (Å²) < 4.78 is 5.90. The van der Waals surface area contributed by atoms with Crippen molar-refractivity contribution in [1.29, 1.82) is 0 Å². The third-order valence-corrected chi connectivity index (χ3v) is 4.88. The summed E-state index contributed by atoms with van der Waals surface area (Å²) in [4.78, 5) is 2.59. The highest BCUT2D eigenvalue weighted by atomic mass is 16.5. The minimum absolute atomic E-state index is 0.775. The molecule has 108 valence electrons. The first-order chi connectivity index (χ1) is 10.4. The molecule has 0 amide bonds. The van der Waals surface area contributed by atoms with Crippen LogP contribution in [0.15, 0.2) is 60.7 Å². The lowest BCUT2D eigenvalue weighted by molar-refractivity contribution is 0.230. The van der Waals surface area contributed by atoms with Crippen LogP contribution in [0.1, 0.15) is 5.56 Å². The van der Waals surface area contributed by atoms with Gasteiger partial charge in [-0.25, -0.2) is 0 Å². The van der Waals surface area contributed by atoms with Crippen molar-refractivity contribution in [3.8, 4) is 5.75 Å². The molecule has 1 saturated heterocycles. The average Bonchev–Trinajstić information content (AvgIpc) is 2.99. The Bertz CT molecular complexity index is 571. The zero-order valence-electron chi connectivity index (χ0n) is 12.2. The highest BCUT2D eigenvalue weighted by Crippen LogP contribution is 2.51. The van der Waals surface area contributed by atoms with Gasteiger partial charge >= 0.3 is 0 Å². The van der Waals surface area contributed by atoms with Crippen LogP contribution in [0.25, 0.3) is 0 Å². The van der Waals surface area contributed by atoms with Gasteiger partial charge in [-0.05, 0) is 29.5 Å². The topological polar surface area (TPSA) is 12.5 Å². The molecule has 2 unspecified atom stereocenters. The van der Waals surface area contributed by atoms with Crippen LogP contribution in [0.4, 0.5) is 0 Å². The summed E-state index contributed by atoms with van der Waals surface area (Å²) >= 11 is 0. The van der Waals surface area contributed by atoms with Gasteiger partial charge in [-0.15, -0.1) is 0 Å². The Hall–Kier alpha value is -1.80. The van der Waals surface area contributed by atoms with E-state index in [1.54, 1.807) is 0 Å². The fraction of sp³-hybridized carbons (Fsp3) is 0.368. The van der Waals surface area contributed by atoms with E-state index in [9.17, 15) is 0 Å². The standard InChI is InChI=1S/C19H21NO/c1-3-7-15(8-4-1)11-20-12-17-18(13-20)19(17)14-21-16-9-5-2-6-10-16/h1-10,17-19H,11-14H2. The van der Waals surface area contributed by atoms with E-state index in [0.717, 1.165) is 36.7 Å². The van der Waals surface area contributed by atoms with Crippen LogP contribution in [0.2, 0.25) is 0 Å². The van der Waals surface area contributed by atoms with E-state index in [-0.39, 0.29) is 0 Å². The highest BCUT2D eigenvalue weighted by molar-refractivity contribution is 5.21. The molecule has 4 rings (SSSR count). The second-order valence-electron chi connectivity index (χ2n) is 6.30. The van der Waals surface area contributed by atoms with Gasteiger partial charge in [0.1, 0.15) is 5.75 Å². The first-order valence-electron chi connectivity index (χ1n) is 7.84. The Morgan fingerprint density at radius 1 is 0.857 bits per heavy atom. The Labute approximate surface area is 126 Å². The largest absolute Gasteiger partial charge is 0.493 e. The van der Waals surface area contributed by atoms with E-state index >= 15 is 0 Å². The van der Waals surface area contributed by atoms with E-state index in [0.29, 0.717) is 0 Å². The first kappa shape index (κ1) is 12.9. The van der Waals surface area contributed by atoms with Crippen LogP contribution < -0.4 is 4.74 Å². The van der Waals surface area contributed by atoms with Crippen molar-refractivity contribution in [3.63, 3.8) is 0 Å². The van der Waals surface area contributed by atoms with Gasteiger partial charge in [-0.2, -0.15) is 0 Å². The molecule has 1 aliphatic heterocycles. The van der Waals surface area contributed by atoms with Gasteiger partial charge in [0.15, 0.2) is 0 Å². The second-order valence-corrected chi connectivity index (χ2v) is 6.30. The van der Waals surface area contributed by atoms with E-state index in [1.807, 2.05) is 30.3 Å². The summed E-state index contributed by atoms with van der Waals surface area (Å²) in [6, 6.07) is 21.0. The predicted molar refractivity (Wildman–Crippen MR) is 84.1 cm³/mol. The summed E-state index contributed by atoms with van der Waals surface area (Å²) in [6.07, 6.45) is 0. The maximum Gasteiger partial charge on any atom is 0.119 e. The number of likely N-dealkylation sites (tertiary alicyclic amines) is 1. The molecule has 2 fully saturated rings. The van der Waals surface area contributed by atoms with Crippen molar-refractivity contribution >= 4 is 0 Å². The van der Waals surface area contributed by atoms with Gasteiger partial charge in [0.05, 0.1) is 6.61 Å². The molecular formula is C19H21NO. The van der Waals surface area contributed by atoms with E-state index in [1.165, 1.54) is 18.7 Å². The maximum absolute atomic E-state index is 5.90. The van der Waals surface area contributed by atoms with Crippen LogP contribution in [0.3, 0.4) is 0 Å². The molecule has 2 heteroatoms. The van der Waals surface area contributed by atoms with Crippen molar-refractivity contribution in [1.82, 2.24) is 4.90 Å². The number of benzene rings is 2. The lowest BCUT2D eigenvalue weighted by Crippen LogP contribution is -2.25. The van der Waals surface area contributed by atoms with Gasteiger partial charge in [-0.1, -0.05) is 48.5 Å². The SMILES string of the molecule is c1ccc(CN2CC3C(COc4ccccc4)C3C2)cc1. The fourth-order valence-corrected chi connectivity index (χ4v) is 3.66. The smallest absolute Gasteiger partial charge is 0.119 e. The highest BCUT2D eigenvalue weighted by Gasteiger charge is 2.55. The summed E-state index contributed by atoms with van der Waals surface area (Å²) in [5, 5.41) is 0.